The second-order valence-electron chi connectivity index (χ2n) is 7.17. The highest BCUT2D eigenvalue weighted by Crippen LogP contribution is 2.25. The minimum absolute atomic E-state index is 0.0737. The number of fused-ring (bicyclic) bond motifs is 1. The number of carbonyl (C=O) groups is 1. The van der Waals surface area contributed by atoms with Gasteiger partial charge in [0.05, 0.1) is 24.5 Å². The molecule has 0 radical (unpaired) electrons. The summed E-state index contributed by atoms with van der Waals surface area (Å²) in [5.74, 6) is 0.0737. The lowest BCUT2D eigenvalue weighted by molar-refractivity contribution is -0.120. The van der Waals surface area contributed by atoms with Crippen molar-refractivity contribution in [3.8, 4) is 0 Å². The monoisotopic (exact) mass is 353 g/mol. The number of amides is 1. The van der Waals surface area contributed by atoms with Gasteiger partial charge in [-0.3, -0.25) is 14.4 Å². The number of para-hydroxylation sites is 1. The number of hydrogen-bond donors (Lipinski definition) is 1. The Labute approximate surface area is 154 Å². The highest BCUT2D eigenvalue weighted by atomic mass is 16.1. The molecule has 0 unspecified atom stereocenters. The van der Waals surface area contributed by atoms with Crippen LogP contribution in [0.3, 0.4) is 0 Å². The van der Waals surface area contributed by atoms with Crippen LogP contribution < -0.4 is 10.2 Å². The molecule has 1 N–H and O–H groups in total. The van der Waals surface area contributed by atoms with E-state index in [0.29, 0.717) is 19.0 Å². The number of rotatable bonds is 5. The second-order valence-corrected chi connectivity index (χ2v) is 7.17. The van der Waals surface area contributed by atoms with Crippen molar-refractivity contribution in [2.45, 2.75) is 45.4 Å². The van der Waals surface area contributed by atoms with Crippen molar-refractivity contribution < 1.29 is 4.79 Å². The average molecular weight is 353 g/mol. The minimum atomic E-state index is 0.0737. The second kappa shape index (κ2) is 7.50. The van der Waals surface area contributed by atoms with Crippen molar-refractivity contribution in [1.29, 1.82) is 0 Å². The molecule has 2 aliphatic heterocycles. The van der Waals surface area contributed by atoms with Crippen molar-refractivity contribution >= 4 is 11.6 Å². The van der Waals surface area contributed by atoms with E-state index in [1.54, 1.807) is 0 Å². The Kier molecular flexibility index (Phi) is 4.93. The molecule has 0 bridgehead atoms. The fraction of sp³-hybridized carbons (Fsp3) is 0.500. The summed E-state index contributed by atoms with van der Waals surface area (Å²) in [5.41, 5.74) is 3.54. The molecule has 4 rings (SSSR count). The summed E-state index contributed by atoms with van der Waals surface area (Å²) >= 11 is 0. The number of benzene rings is 1. The smallest absolute Gasteiger partial charge is 0.220 e. The first-order valence-electron chi connectivity index (χ1n) is 9.59. The van der Waals surface area contributed by atoms with E-state index in [0.717, 1.165) is 38.4 Å². The summed E-state index contributed by atoms with van der Waals surface area (Å²) in [6.45, 7) is 7.53. The van der Waals surface area contributed by atoms with Crippen molar-refractivity contribution in [2.75, 3.05) is 24.5 Å². The van der Waals surface area contributed by atoms with Crippen molar-refractivity contribution in [2.24, 2.45) is 0 Å². The molecule has 3 heterocycles. The van der Waals surface area contributed by atoms with Crippen LogP contribution in [-0.2, 0) is 24.4 Å². The molecule has 0 aliphatic carbocycles. The van der Waals surface area contributed by atoms with Gasteiger partial charge in [0.15, 0.2) is 0 Å². The van der Waals surface area contributed by atoms with Crippen molar-refractivity contribution in [3.63, 3.8) is 0 Å². The van der Waals surface area contributed by atoms with E-state index < -0.39 is 0 Å². The molecule has 1 saturated heterocycles. The third-order valence-electron chi connectivity index (χ3n) is 5.47. The lowest BCUT2D eigenvalue weighted by Gasteiger charge is -2.32. The fourth-order valence-electron chi connectivity index (χ4n) is 3.97. The van der Waals surface area contributed by atoms with Crippen LogP contribution in [0.15, 0.2) is 36.4 Å². The molecular formula is C20H27N5O. The predicted molar refractivity (Wildman–Crippen MR) is 102 cm³/mol. The SMILES string of the molecule is CCC(=O)NCc1cc2n(n1)CCN([C@H]1CCN(c3ccccc3)C1)C2. The molecule has 1 amide bonds. The third kappa shape index (κ3) is 3.60. The average Bonchev–Trinajstić information content (AvgIpc) is 3.33. The van der Waals surface area contributed by atoms with Gasteiger partial charge < -0.3 is 10.2 Å². The van der Waals surface area contributed by atoms with E-state index in [-0.39, 0.29) is 5.91 Å². The molecule has 26 heavy (non-hydrogen) atoms. The molecule has 0 spiro atoms. The number of carbonyl (C=O) groups excluding carboxylic acids is 1. The quantitative estimate of drug-likeness (QED) is 0.893. The first-order chi connectivity index (χ1) is 12.7. The van der Waals surface area contributed by atoms with E-state index in [1.165, 1.54) is 17.8 Å². The Morgan fingerprint density at radius 2 is 2.08 bits per heavy atom. The Bertz CT molecular complexity index is 757. The molecule has 1 aromatic heterocycles. The summed E-state index contributed by atoms with van der Waals surface area (Å²) in [4.78, 5) is 16.5. The zero-order chi connectivity index (χ0) is 17.9. The number of anilines is 1. The first-order valence-corrected chi connectivity index (χ1v) is 9.59. The summed E-state index contributed by atoms with van der Waals surface area (Å²) in [7, 11) is 0. The van der Waals surface area contributed by atoms with Gasteiger partial charge in [0.25, 0.3) is 0 Å². The maximum Gasteiger partial charge on any atom is 0.220 e. The van der Waals surface area contributed by atoms with Crippen LogP contribution in [0.1, 0.15) is 31.2 Å². The standard InChI is InChI=1S/C20H27N5O/c1-2-20(26)21-13-16-12-19-15-24(10-11-25(19)22-16)18-8-9-23(14-18)17-6-4-3-5-7-17/h3-7,12,18H,2,8-11,13-15H2,1H3,(H,21,26)/t18-/m0/s1. The highest BCUT2D eigenvalue weighted by molar-refractivity contribution is 5.75. The van der Waals surface area contributed by atoms with Gasteiger partial charge in [0.2, 0.25) is 5.91 Å². The largest absolute Gasteiger partial charge is 0.370 e. The summed E-state index contributed by atoms with van der Waals surface area (Å²) in [6, 6.07) is 13.4. The maximum absolute atomic E-state index is 11.4. The van der Waals surface area contributed by atoms with Crippen LogP contribution in [0.25, 0.3) is 0 Å². The van der Waals surface area contributed by atoms with Gasteiger partial charge in [-0.1, -0.05) is 25.1 Å². The van der Waals surface area contributed by atoms with E-state index in [9.17, 15) is 4.79 Å². The van der Waals surface area contributed by atoms with Gasteiger partial charge in [-0.25, -0.2) is 0 Å². The predicted octanol–water partition coefficient (Wildman–Crippen LogP) is 2.00. The third-order valence-corrected chi connectivity index (χ3v) is 5.47. The molecule has 1 atom stereocenters. The molecule has 138 valence electrons. The molecule has 6 heteroatoms. The van der Waals surface area contributed by atoms with Gasteiger partial charge in [-0.2, -0.15) is 5.10 Å². The number of aromatic nitrogens is 2. The fourth-order valence-corrected chi connectivity index (χ4v) is 3.97. The molecule has 0 saturated carbocycles. The van der Waals surface area contributed by atoms with Crippen LogP contribution >= 0.6 is 0 Å². The van der Waals surface area contributed by atoms with Crippen LogP contribution in [0.2, 0.25) is 0 Å². The van der Waals surface area contributed by atoms with Crippen LogP contribution in [0, 0.1) is 0 Å². The van der Waals surface area contributed by atoms with E-state index in [4.69, 9.17) is 0 Å². The van der Waals surface area contributed by atoms with Gasteiger partial charge in [-0.15, -0.1) is 0 Å². The van der Waals surface area contributed by atoms with Gasteiger partial charge in [0, 0.05) is 44.3 Å². The Morgan fingerprint density at radius 3 is 2.88 bits per heavy atom. The Morgan fingerprint density at radius 1 is 1.23 bits per heavy atom. The number of hydrogen-bond acceptors (Lipinski definition) is 4. The van der Waals surface area contributed by atoms with Crippen LogP contribution in [0.5, 0.6) is 0 Å². The van der Waals surface area contributed by atoms with Crippen molar-refractivity contribution in [1.82, 2.24) is 20.0 Å². The van der Waals surface area contributed by atoms with Crippen molar-refractivity contribution in [3.05, 3.63) is 47.8 Å². The first kappa shape index (κ1) is 17.1. The summed E-state index contributed by atoms with van der Waals surface area (Å²) < 4.78 is 2.11. The van der Waals surface area contributed by atoms with E-state index in [1.807, 2.05) is 6.92 Å². The van der Waals surface area contributed by atoms with Gasteiger partial charge >= 0.3 is 0 Å². The molecule has 2 aromatic rings. The molecular weight excluding hydrogens is 326 g/mol. The van der Waals surface area contributed by atoms with E-state index in [2.05, 4.69) is 61.3 Å². The summed E-state index contributed by atoms with van der Waals surface area (Å²) in [5, 5.41) is 7.56. The number of nitrogens with zero attached hydrogens (tertiary/aromatic N) is 4. The minimum Gasteiger partial charge on any atom is -0.370 e. The number of nitrogens with one attached hydrogen (secondary N) is 1. The zero-order valence-electron chi connectivity index (χ0n) is 15.4. The molecule has 1 aromatic carbocycles. The Hall–Kier alpha value is -2.34. The van der Waals surface area contributed by atoms with Crippen LogP contribution in [-0.4, -0.2) is 46.3 Å². The van der Waals surface area contributed by atoms with Gasteiger partial charge in [-0.05, 0) is 24.6 Å². The van der Waals surface area contributed by atoms with Gasteiger partial charge in [0.1, 0.15) is 0 Å². The van der Waals surface area contributed by atoms with Crippen LogP contribution in [0.4, 0.5) is 5.69 Å². The molecule has 1 fully saturated rings. The molecule has 2 aliphatic rings. The topological polar surface area (TPSA) is 53.4 Å². The zero-order valence-corrected chi connectivity index (χ0v) is 15.4. The Balaban J connectivity index is 1.36. The normalized spacial score (nSPS) is 20.2. The summed E-state index contributed by atoms with van der Waals surface area (Å²) in [6.07, 6.45) is 1.73. The lowest BCUT2D eigenvalue weighted by Crippen LogP contribution is -2.42. The highest BCUT2D eigenvalue weighted by Gasteiger charge is 2.30. The maximum atomic E-state index is 11.4. The lowest BCUT2D eigenvalue weighted by atomic mass is 10.2. The van der Waals surface area contributed by atoms with E-state index >= 15 is 0 Å². The molecule has 6 nitrogen and oxygen atoms in total.